The van der Waals surface area contributed by atoms with E-state index in [0.717, 1.165) is 18.4 Å². The highest BCUT2D eigenvalue weighted by molar-refractivity contribution is 5.78. The SMILES string of the molecule is CC(C(=O)NCc1nnc(-c2ccccc2)o1)C1CCCC1. The van der Waals surface area contributed by atoms with Gasteiger partial charge in [-0.25, -0.2) is 0 Å². The Bertz CT molecular complexity index is 618. The van der Waals surface area contributed by atoms with Crippen molar-refractivity contribution >= 4 is 5.91 Å². The molecule has 1 aliphatic rings. The Morgan fingerprint density at radius 3 is 2.73 bits per heavy atom. The molecule has 1 aromatic heterocycles. The Kier molecular flexibility index (Phi) is 4.51. The van der Waals surface area contributed by atoms with Crippen LogP contribution in [0.2, 0.25) is 0 Å². The van der Waals surface area contributed by atoms with Crippen LogP contribution in [0.4, 0.5) is 0 Å². The lowest BCUT2D eigenvalue weighted by atomic mass is 9.92. The van der Waals surface area contributed by atoms with Crippen molar-refractivity contribution in [2.24, 2.45) is 11.8 Å². The third-order valence-corrected chi connectivity index (χ3v) is 4.42. The van der Waals surface area contributed by atoms with Crippen LogP contribution in [-0.2, 0) is 11.3 Å². The number of amides is 1. The molecule has 1 aromatic carbocycles. The lowest BCUT2D eigenvalue weighted by molar-refractivity contribution is -0.126. The van der Waals surface area contributed by atoms with Gasteiger partial charge in [0, 0.05) is 11.5 Å². The van der Waals surface area contributed by atoms with Crippen molar-refractivity contribution in [2.45, 2.75) is 39.2 Å². The Morgan fingerprint density at radius 2 is 2.00 bits per heavy atom. The second-order valence-corrected chi connectivity index (χ2v) is 5.92. The van der Waals surface area contributed by atoms with Crippen LogP contribution in [0.25, 0.3) is 11.5 Å². The van der Waals surface area contributed by atoms with Crippen LogP contribution < -0.4 is 5.32 Å². The fourth-order valence-electron chi connectivity index (χ4n) is 3.02. The highest BCUT2D eigenvalue weighted by Crippen LogP contribution is 2.31. The molecule has 2 aromatic rings. The van der Waals surface area contributed by atoms with E-state index in [2.05, 4.69) is 15.5 Å². The second-order valence-electron chi connectivity index (χ2n) is 5.92. The van der Waals surface area contributed by atoms with E-state index < -0.39 is 0 Å². The summed E-state index contributed by atoms with van der Waals surface area (Å²) in [5, 5.41) is 10.9. The number of benzene rings is 1. The van der Waals surface area contributed by atoms with Crippen LogP contribution >= 0.6 is 0 Å². The minimum Gasteiger partial charge on any atom is -0.419 e. The van der Waals surface area contributed by atoms with E-state index in [0.29, 0.717) is 17.7 Å². The molecule has 1 atom stereocenters. The van der Waals surface area contributed by atoms with Crippen molar-refractivity contribution in [1.82, 2.24) is 15.5 Å². The van der Waals surface area contributed by atoms with Gasteiger partial charge >= 0.3 is 0 Å². The number of nitrogens with zero attached hydrogens (tertiary/aromatic N) is 2. The standard InChI is InChI=1S/C17H21N3O2/c1-12(13-7-5-6-8-13)16(21)18-11-15-19-20-17(22-15)14-9-3-2-4-10-14/h2-4,9-10,12-13H,5-8,11H2,1H3,(H,18,21). The summed E-state index contributed by atoms with van der Waals surface area (Å²) in [6.45, 7) is 2.30. The first-order valence-electron chi connectivity index (χ1n) is 7.89. The molecule has 1 saturated carbocycles. The number of nitrogens with one attached hydrogen (secondary N) is 1. The number of aromatic nitrogens is 2. The molecule has 1 unspecified atom stereocenters. The molecule has 1 aliphatic carbocycles. The largest absolute Gasteiger partial charge is 0.419 e. The maximum Gasteiger partial charge on any atom is 0.247 e. The molecule has 0 radical (unpaired) electrons. The first-order valence-corrected chi connectivity index (χ1v) is 7.89. The molecule has 5 heteroatoms. The zero-order valence-corrected chi connectivity index (χ0v) is 12.8. The van der Waals surface area contributed by atoms with Gasteiger partial charge in [0.25, 0.3) is 0 Å². The Balaban J connectivity index is 1.55. The number of hydrogen-bond donors (Lipinski definition) is 1. The molecule has 0 aliphatic heterocycles. The molecule has 1 fully saturated rings. The summed E-state index contributed by atoms with van der Waals surface area (Å²) in [4.78, 5) is 12.2. The van der Waals surface area contributed by atoms with E-state index in [4.69, 9.17) is 4.42 Å². The fraction of sp³-hybridized carbons (Fsp3) is 0.471. The van der Waals surface area contributed by atoms with E-state index in [1.54, 1.807) is 0 Å². The van der Waals surface area contributed by atoms with Crippen LogP contribution in [0.5, 0.6) is 0 Å². The Hall–Kier alpha value is -2.17. The van der Waals surface area contributed by atoms with E-state index >= 15 is 0 Å². The maximum absolute atomic E-state index is 12.2. The summed E-state index contributed by atoms with van der Waals surface area (Å²) in [5.41, 5.74) is 0.881. The normalized spacial score (nSPS) is 16.6. The average molecular weight is 299 g/mol. The van der Waals surface area contributed by atoms with Crippen LogP contribution in [0.1, 0.15) is 38.5 Å². The molecular weight excluding hydrogens is 278 g/mol. The molecule has 0 saturated heterocycles. The van der Waals surface area contributed by atoms with Gasteiger partial charge in [-0.15, -0.1) is 10.2 Å². The van der Waals surface area contributed by atoms with Gasteiger partial charge in [0.2, 0.25) is 17.7 Å². The van der Waals surface area contributed by atoms with Crippen molar-refractivity contribution in [1.29, 1.82) is 0 Å². The smallest absolute Gasteiger partial charge is 0.247 e. The molecule has 116 valence electrons. The third kappa shape index (κ3) is 3.35. The molecular formula is C17H21N3O2. The Morgan fingerprint density at radius 1 is 1.27 bits per heavy atom. The minimum absolute atomic E-state index is 0.0546. The quantitative estimate of drug-likeness (QED) is 0.920. The molecule has 1 heterocycles. The minimum atomic E-state index is 0.0546. The number of rotatable bonds is 5. The second kappa shape index (κ2) is 6.73. The van der Waals surface area contributed by atoms with Gasteiger partial charge in [0.15, 0.2) is 0 Å². The molecule has 0 bridgehead atoms. The lowest BCUT2D eigenvalue weighted by Gasteiger charge is -2.17. The van der Waals surface area contributed by atoms with Crippen molar-refractivity contribution in [3.63, 3.8) is 0 Å². The molecule has 1 N–H and O–H groups in total. The van der Waals surface area contributed by atoms with Crippen LogP contribution in [0.15, 0.2) is 34.7 Å². The molecule has 3 rings (SSSR count). The average Bonchev–Trinajstić information content (AvgIpc) is 3.24. The maximum atomic E-state index is 12.2. The van der Waals surface area contributed by atoms with Gasteiger partial charge < -0.3 is 9.73 Å². The zero-order valence-electron chi connectivity index (χ0n) is 12.8. The van der Waals surface area contributed by atoms with Crippen molar-refractivity contribution in [3.8, 4) is 11.5 Å². The van der Waals surface area contributed by atoms with Gasteiger partial charge in [-0.3, -0.25) is 4.79 Å². The predicted molar refractivity (Wildman–Crippen MR) is 82.7 cm³/mol. The lowest BCUT2D eigenvalue weighted by Crippen LogP contribution is -2.32. The summed E-state index contributed by atoms with van der Waals surface area (Å²) < 4.78 is 5.59. The topological polar surface area (TPSA) is 68.0 Å². The summed E-state index contributed by atoms with van der Waals surface area (Å²) in [7, 11) is 0. The molecule has 5 nitrogen and oxygen atoms in total. The summed E-state index contributed by atoms with van der Waals surface area (Å²) in [6.07, 6.45) is 4.80. The van der Waals surface area contributed by atoms with Gasteiger partial charge in [0.1, 0.15) is 0 Å². The van der Waals surface area contributed by atoms with E-state index in [1.807, 2.05) is 37.3 Å². The van der Waals surface area contributed by atoms with Gasteiger partial charge in [-0.2, -0.15) is 0 Å². The van der Waals surface area contributed by atoms with Crippen molar-refractivity contribution in [2.75, 3.05) is 0 Å². The number of hydrogen-bond acceptors (Lipinski definition) is 4. The molecule has 0 spiro atoms. The van der Waals surface area contributed by atoms with Gasteiger partial charge in [0.05, 0.1) is 6.54 Å². The highest BCUT2D eigenvalue weighted by atomic mass is 16.4. The van der Waals surface area contributed by atoms with E-state index in [9.17, 15) is 4.79 Å². The summed E-state index contributed by atoms with van der Waals surface area (Å²) in [5.74, 6) is 1.56. The Labute approximate surface area is 130 Å². The zero-order chi connectivity index (χ0) is 15.4. The molecule has 22 heavy (non-hydrogen) atoms. The predicted octanol–water partition coefficient (Wildman–Crippen LogP) is 3.18. The van der Waals surface area contributed by atoms with Gasteiger partial charge in [-0.05, 0) is 30.9 Å². The van der Waals surface area contributed by atoms with Crippen LogP contribution in [-0.4, -0.2) is 16.1 Å². The van der Waals surface area contributed by atoms with Crippen molar-refractivity contribution < 1.29 is 9.21 Å². The number of carbonyl (C=O) groups is 1. The summed E-state index contributed by atoms with van der Waals surface area (Å²) in [6, 6.07) is 9.61. The van der Waals surface area contributed by atoms with E-state index in [-0.39, 0.29) is 18.4 Å². The van der Waals surface area contributed by atoms with Crippen molar-refractivity contribution in [3.05, 3.63) is 36.2 Å². The first kappa shape index (κ1) is 14.8. The molecule has 1 amide bonds. The van der Waals surface area contributed by atoms with Gasteiger partial charge in [-0.1, -0.05) is 38.0 Å². The van der Waals surface area contributed by atoms with E-state index in [1.165, 1.54) is 12.8 Å². The first-order chi connectivity index (χ1) is 10.7. The highest BCUT2D eigenvalue weighted by Gasteiger charge is 2.26. The third-order valence-electron chi connectivity index (χ3n) is 4.42. The summed E-state index contributed by atoms with van der Waals surface area (Å²) >= 11 is 0. The fourth-order valence-corrected chi connectivity index (χ4v) is 3.02. The van der Waals surface area contributed by atoms with Crippen LogP contribution in [0, 0.1) is 11.8 Å². The number of carbonyl (C=O) groups excluding carboxylic acids is 1. The van der Waals surface area contributed by atoms with Crippen LogP contribution in [0.3, 0.4) is 0 Å². The monoisotopic (exact) mass is 299 g/mol.